The minimum atomic E-state index is -0.576. The van der Waals surface area contributed by atoms with E-state index in [0.29, 0.717) is 68.2 Å². The van der Waals surface area contributed by atoms with Crippen LogP contribution in [0.3, 0.4) is 0 Å². The molecule has 20 nitrogen and oxygen atoms in total. The number of nitrogens with one attached hydrogen (secondary N) is 4. The van der Waals surface area contributed by atoms with Gasteiger partial charge >= 0.3 is 29.6 Å². The number of nitrogens with zero attached hydrogens (tertiary/aromatic N) is 4. The van der Waals surface area contributed by atoms with Gasteiger partial charge in [-0.3, -0.25) is 60.9 Å². The van der Waals surface area contributed by atoms with Crippen molar-refractivity contribution in [3.8, 4) is 46.0 Å². The van der Waals surface area contributed by atoms with Crippen LogP contribution < -0.4 is 89.2 Å². The maximum atomic E-state index is 12.5. The Hall–Kier alpha value is -6.28. The SMILES string of the molecule is COc1ccc(OC)c(C(=S)N(C)NC(=O)CC(=O)NN(C)C(=S)c2cc(OC)ccc2OC)c1.COc1ccc(OC)c(C(=S)N(C)NC(=O)CC(=O)NN(C)C(=S)c2cc(OC)ccc2OC)c1.[Na+]. The molecular formula is C46H56N8NaO12S4+. The van der Waals surface area contributed by atoms with E-state index in [0.717, 1.165) is 0 Å². The molecule has 0 aliphatic carbocycles. The number of ether oxygens (including phenoxy) is 8. The minimum absolute atomic E-state index is 0. The zero-order chi connectivity index (χ0) is 52.2. The largest absolute Gasteiger partial charge is 1.00 e. The van der Waals surface area contributed by atoms with Gasteiger partial charge in [-0.15, -0.1) is 0 Å². The van der Waals surface area contributed by atoms with Crippen LogP contribution in [0.1, 0.15) is 35.1 Å². The van der Waals surface area contributed by atoms with Gasteiger partial charge in [0.15, 0.2) is 0 Å². The average molecular weight is 1060 g/mol. The first-order valence-corrected chi connectivity index (χ1v) is 22.1. The molecule has 25 heteroatoms. The van der Waals surface area contributed by atoms with Gasteiger partial charge in [-0.1, -0.05) is 48.9 Å². The van der Waals surface area contributed by atoms with E-state index in [1.54, 1.807) is 101 Å². The molecule has 4 rings (SSSR count). The molecule has 0 unspecified atom stereocenters. The zero-order valence-electron chi connectivity index (χ0n) is 41.7. The van der Waals surface area contributed by atoms with Crippen molar-refractivity contribution in [2.24, 2.45) is 0 Å². The van der Waals surface area contributed by atoms with E-state index in [2.05, 4.69) is 21.7 Å². The standard InChI is InChI=1S/2C23H28N4O6S2.Na/c2*1-26(22(34)16-11-14(30-3)7-9-18(16)32-5)24-20(28)13-21(29)25-27(2)23(35)17-12-15(31-4)8-10-19(17)33-6;/h2*7-12H,13H2,1-6H3,(H,24,28)(H,25,29);/q;;+1. The fourth-order valence-corrected chi connectivity index (χ4v) is 6.87. The van der Waals surface area contributed by atoms with Gasteiger partial charge in [0.1, 0.15) is 78.8 Å². The topological polar surface area (TPSA) is 203 Å². The molecule has 4 aromatic rings. The first kappa shape index (κ1) is 60.8. The monoisotopic (exact) mass is 1060 g/mol. The van der Waals surface area contributed by atoms with Crippen LogP contribution in [0.2, 0.25) is 0 Å². The maximum absolute atomic E-state index is 12.5. The molecule has 4 N–H and O–H groups in total. The van der Waals surface area contributed by atoms with Crippen LogP contribution >= 0.6 is 48.9 Å². The molecule has 0 radical (unpaired) electrons. The summed E-state index contributed by atoms with van der Waals surface area (Å²) < 4.78 is 42.3. The molecule has 0 aromatic heterocycles. The number of benzene rings is 4. The number of rotatable bonds is 16. The summed E-state index contributed by atoms with van der Waals surface area (Å²) in [5.74, 6) is 2.05. The van der Waals surface area contributed by atoms with Crippen molar-refractivity contribution in [3.05, 3.63) is 95.1 Å². The van der Waals surface area contributed by atoms with Gasteiger partial charge < -0.3 is 37.9 Å². The second-order valence-electron chi connectivity index (χ2n) is 14.2. The normalized spacial score (nSPS) is 9.86. The van der Waals surface area contributed by atoms with Gasteiger partial charge in [-0.2, -0.15) is 0 Å². The Bertz CT molecular complexity index is 2230. The van der Waals surface area contributed by atoms with Gasteiger partial charge in [-0.05, 0) is 72.8 Å². The van der Waals surface area contributed by atoms with Crippen LogP contribution in [0.5, 0.6) is 46.0 Å². The first-order valence-electron chi connectivity index (χ1n) is 20.5. The van der Waals surface area contributed by atoms with Crippen LogP contribution in [-0.2, 0) is 19.2 Å². The molecule has 0 aliphatic heterocycles. The van der Waals surface area contributed by atoms with Gasteiger partial charge in [-0.25, -0.2) is 0 Å². The quantitative estimate of drug-likeness (QED) is 0.0539. The van der Waals surface area contributed by atoms with Crippen molar-refractivity contribution in [1.29, 1.82) is 0 Å². The average Bonchev–Trinajstić information content (AvgIpc) is 3.36. The number of hydrogen-bond acceptors (Lipinski definition) is 16. The molecule has 71 heavy (non-hydrogen) atoms. The van der Waals surface area contributed by atoms with Gasteiger partial charge in [0.2, 0.25) is 23.6 Å². The van der Waals surface area contributed by atoms with Crippen LogP contribution in [0.4, 0.5) is 0 Å². The van der Waals surface area contributed by atoms with Gasteiger partial charge in [0.25, 0.3) is 0 Å². The molecule has 4 amide bonds. The molecule has 0 atom stereocenters. The number of thiocarbonyl (C=S) groups is 4. The molecule has 0 saturated carbocycles. The predicted molar refractivity (Wildman–Crippen MR) is 278 cm³/mol. The number of methoxy groups -OCH3 is 8. The van der Waals surface area contributed by atoms with E-state index in [-0.39, 0.29) is 49.5 Å². The van der Waals surface area contributed by atoms with E-state index in [1.807, 2.05) is 0 Å². The van der Waals surface area contributed by atoms with E-state index in [1.165, 1.54) is 76.9 Å². The number of hydrazine groups is 4. The number of hydrogen-bond donors (Lipinski definition) is 4. The number of amides is 4. The summed E-state index contributed by atoms with van der Waals surface area (Å²) in [6.45, 7) is 0. The third-order valence-electron chi connectivity index (χ3n) is 9.58. The first-order chi connectivity index (χ1) is 33.3. The zero-order valence-corrected chi connectivity index (χ0v) is 46.9. The van der Waals surface area contributed by atoms with Crippen molar-refractivity contribution in [2.45, 2.75) is 12.8 Å². The Morgan fingerprint density at radius 2 is 0.549 bits per heavy atom. The number of carbonyl (C=O) groups is 4. The Morgan fingerprint density at radius 1 is 0.366 bits per heavy atom. The third kappa shape index (κ3) is 17.5. The van der Waals surface area contributed by atoms with E-state index >= 15 is 0 Å². The molecule has 0 aliphatic rings. The van der Waals surface area contributed by atoms with E-state index in [4.69, 9.17) is 86.8 Å². The fraction of sp³-hybridized carbons (Fsp3) is 0.304. The second-order valence-corrected chi connectivity index (χ2v) is 15.8. The summed E-state index contributed by atoms with van der Waals surface area (Å²) in [4.78, 5) is 51.0. The molecule has 0 fully saturated rings. The van der Waals surface area contributed by atoms with E-state index in [9.17, 15) is 19.2 Å². The summed E-state index contributed by atoms with van der Waals surface area (Å²) in [6.07, 6.45) is -0.936. The molecule has 0 bridgehead atoms. The summed E-state index contributed by atoms with van der Waals surface area (Å²) >= 11 is 21.9. The van der Waals surface area contributed by atoms with Crippen LogP contribution in [-0.4, -0.2) is 149 Å². The minimum Gasteiger partial charge on any atom is -0.497 e. The van der Waals surface area contributed by atoms with Crippen molar-refractivity contribution < 1.29 is 86.6 Å². The summed E-state index contributed by atoms with van der Waals surface area (Å²) in [7, 11) is 18.4. The molecule has 0 spiro atoms. The molecule has 0 saturated heterocycles. The van der Waals surface area contributed by atoms with Crippen LogP contribution in [0, 0.1) is 0 Å². The summed E-state index contributed by atoms with van der Waals surface area (Å²) in [5.41, 5.74) is 12.5. The Labute approximate surface area is 456 Å². The summed E-state index contributed by atoms with van der Waals surface area (Å²) in [5, 5.41) is 5.32. The maximum Gasteiger partial charge on any atom is 1.00 e. The Balaban J connectivity index is 0.000000480. The van der Waals surface area contributed by atoms with E-state index < -0.39 is 36.5 Å². The second kappa shape index (κ2) is 29.8. The van der Waals surface area contributed by atoms with Gasteiger partial charge in [0, 0.05) is 28.2 Å². The number of carbonyl (C=O) groups excluding carboxylic acids is 4. The Morgan fingerprint density at radius 3 is 0.704 bits per heavy atom. The molecule has 376 valence electrons. The van der Waals surface area contributed by atoms with Crippen molar-refractivity contribution in [3.63, 3.8) is 0 Å². The Kier molecular flexibility index (Phi) is 25.5. The van der Waals surface area contributed by atoms with Gasteiger partial charge in [0.05, 0.1) is 79.1 Å². The van der Waals surface area contributed by atoms with Crippen molar-refractivity contribution in [2.75, 3.05) is 85.1 Å². The third-order valence-corrected chi connectivity index (χ3v) is 11.6. The molecular weight excluding hydrogens is 1010 g/mol. The fourth-order valence-electron chi connectivity index (χ4n) is 6.05. The molecule has 4 aromatic carbocycles. The van der Waals surface area contributed by atoms with Crippen molar-refractivity contribution >= 4 is 92.5 Å². The summed E-state index contributed by atoms with van der Waals surface area (Å²) in [6, 6.07) is 20.5. The van der Waals surface area contributed by atoms with Crippen LogP contribution in [0.25, 0.3) is 0 Å². The molecule has 0 heterocycles. The predicted octanol–water partition coefficient (Wildman–Crippen LogP) is 1.18. The van der Waals surface area contributed by atoms with Crippen LogP contribution in [0.15, 0.2) is 72.8 Å². The van der Waals surface area contributed by atoms with Crippen molar-refractivity contribution in [1.82, 2.24) is 41.7 Å². The smallest absolute Gasteiger partial charge is 0.497 e.